The quantitative estimate of drug-likeness (QED) is 0.128. The molecule has 4 rings (SSSR count). The van der Waals surface area contributed by atoms with Gasteiger partial charge in [-0.2, -0.15) is 0 Å². The van der Waals surface area contributed by atoms with Crippen LogP contribution in [0.4, 0.5) is 5.69 Å². The average molecular weight is 551 g/mol. The van der Waals surface area contributed by atoms with E-state index in [0.717, 1.165) is 33.9 Å². The third-order valence-electron chi connectivity index (χ3n) is 5.84. The van der Waals surface area contributed by atoms with Crippen LogP contribution >= 0.6 is 32.8 Å². The predicted octanol–water partition coefficient (Wildman–Crippen LogP) is 7.63. The molecule has 0 N–H and O–H groups in total. The zero-order valence-corrected chi connectivity index (χ0v) is 22.7. The monoisotopic (exact) mass is 549 g/mol. The molecule has 0 aromatic heterocycles. The third-order valence-corrected chi connectivity index (χ3v) is 15.3. The summed E-state index contributed by atoms with van der Waals surface area (Å²) in [7, 11) is 0. The number of benzene rings is 4. The van der Waals surface area contributed by atoms with E-state index in [9.17, 15) is 0 Å². The van der Waals surface area contributed by atoms with Crippen molar-refractivity contribution >= 4 is 60.3 Å². The fourth-order valence-electron chi connectivity index (χ4n) is 4.09. The molecule has 0 bridgehead atoms. The molecule has 0 amide bonds. The zero-order chi connectivity index (χ0) is 23.9. The topological polar surface area (TPSA) is 21.6 Å². The molecular formula is C29H29BrNOPS. The second-order valence-corrected chi connectivity index (χ2v) is 16.6. The van der Waals surface area contributed by atoms with E-state index in [1.807, 2.05) is 48.5 Å². The van der Waals surface area contributed by atoms with Gasteiger partial charge in [0, 0.05) is 0 Å². The van der Waals surface area contributed by atoms with Crippen LogP contribution in [-0.4, -0.2) is 17.4 Å². The zero-order valence-electron chi connectivity index (χ0n) is 19.4. The van der Waals surface area contributed by atoms with Gasteiger partial charge in [-0.15, -0.1) is 0 Å². The number of thioether (sulfide) groups is 1. The van der Waals surface area contributed by atoms with Crippen molar-refractivity contribution in [3.8, 4) is 0 Å². The summed E-state index contributed by atoms with van der Waals surface area (Å²) in [6.45, 7) is 2.18. The molecular weight excluding hydrogens is 521 g/mol. The van der Waals surface area contributed by atoms with E-state index in [1.54, 1.807) is 11.8 Å². The van der Waals surface area contributed by atoms with Crippen molar-refractivity contribution in [3.05, 3.63) is 121 Å². The summed E-state index contributed by atoms with van der Waals surface area (Å²) >= 11 is 6.14. The Balaban J connectivity index is 2.06. The van der Waals surface area contributed by atoms with Crippen LogP contribution in [0.1, 0.15) is 13.3 Å². The normalized spacial score (nSPS) is 14.1. The molecule has 34 heavy (non-hydrogen) atoms. The van der Waals surface area contributed by atoms with E-state index in [-0.39, 0.29) is 5.25 Å². The van der Waals surface area contributed by atoms with Crippen LogP contribution in [0.15, 0.2) is 126 Å². The molecule has 0 spiro atoms. The number of rotatable bonds is 8. The van der Waals surface area contributed by atoms with Gasteiger partial charge in [-0.05, 0) is 0 Å². The molecule has 0 aliphatic carbocycles. The Kier molecular flexibility index (Phi) is 7.93. The number of nitrogens with zero attached hydrogens (tertiary/aromatic N) is 1. The Morgan fingerprint density at radius 2 is 1.12 bits per heavy atom. The summed E-state index contributed by atoms with van der Waals surface area (Å²) < 4.78 is 7.41. The van der Waals surface area contributed by atoms with Crippen molar-refractivity contribution in [2.75, 3.05) is 6.26 Å². The second kappa shape index (κ2) is 10.9. The molecule has 174 valence electrons. The Labute approximate surface area is 215 Å². The van der Waals surface area contributed by atoms with E-state index in [4.69, 9.17) is 9.52 Å². The number of halogens is 1. The van der Waals surface area contributed by atoms with Gasteiger partial charge in [0.2, 0.25) is 0 Å². The van der Waals surface area contributed by atoms with Crippen molar-refractivity contribution in [2.45, 2.75) is 18.6 Å². The third kappa shape index (κ3) is 4.73. The maximum atomic E-state index is 7.41. The molecule has 0 heterocycles. The molecule has 0 aliphatic heterocycles. The van der Waals surface area contributed by atoms with Gasteiger partial charge in [0.25, 0.3) is 0 Å². The molecule has 4 aromatic carbocycles. The number of aliphatic imine (C=N–C) groups is 1. The first-order valence-electron chi connectivity index (χ1n) is 11.4. The Morgan fingerprint density at radius 3 is 1.47 bits per heavy atom. The van der Waals surface area contributed by atoms with Crippen molar-refractivity contribution in [1.29, 1.82) is 0 Å². The van der Waals surface area contributed by atoms with E-state index in [2.05, 4.69) is 101 Å². The molecule has 0 fully saturated rings. The van der Waals surface area contributed by atoms with Gasteiger partial charge in [-0.1, -0.05) is 0 Å². The number of hydrogen-bond acceptors (Lipinski definition) is 3. The summed E-state index contributed by atoms with van der Waals surface area (Å²) in [4.78, 5) is 5.08. The van der Waals surface area contributed by atoms with E-state index >= 15 is 0 Å². The molecule has 0 radical (unpaired) electrons. The number of para-hydroxylation sites is 1. The first-order valence-corrected chi connectivity index (χ1v) is 16.8. The second-order valence-electron chi connectivity index (χ2n) is 7.95. The van der Waals surface area contributed by atoms with E-state index < -0.39 is 5.53 Å². The van der Waals surface area contributed by atoms with E-state index in [0.29, 0.717) is 0 Å². The summed E-state index contributed by atoms with van der Waals surface area (Å²) in [5.74, 6) is 0.729. The van der Waals surface area contributed by atoms with Gasteiger partial charge in [0.15, 0.2) is 0 Å². The number of hydrogen-bond donors (Lipinski definition) is 0. The summed E-state index contributed by atoms with van der Waals surface area (Å²) in [6, 6.07) is 41.6. The molecule has 0 saturated carbocycles. The van der Waals surface area contributed by atoms with Crippen LogP contribution in [0.2, 0.25) is 0 Å². The predicted molar refractivity (Wildman–Crippen MR) is 156 cm³/mol. The molecule has 0 saturated heterocycles. The Hall–Kier alpha value is -2.39. The molecule has 0 aliphatic rings. The van der Waals surface area contributed by atoms with Crippen molar-refractivity contribution in [1.82, 2.24) is 0 Å². The fraction of sp³-hybridized carbons (Fsp3) is 0.138. The van der Waals surface area contributed by atoms with Crippen LogP contribution in [0.3, 0.4) is 0 Å². The van der Waals surface area contributed by atoms with Crippen LogP contribution in [0.25, 0.3) is 0 Å². The molecule has 1 unspecified atom stereocenters. The van der Waals surface area contributed by atoms with E-state index in [1.165, 1.54) is 0 Å². The summed E-state index contributed by atoms with van der Waals surface area (Å²) in [5.41, 5.74) is -2.70. The van der Waals surface area contributed by atoms with Crippen LogP contribution < -0.4 is 15.9 Å². The summed E-state index contributed by atoms with van der Waals surface area (Å²) in [6.07, 6.45) is 3.03. The first kappa shape index (κ1) is 24.7. The van der Waals surface area contributed by atoms with Gasteiger partial charge in [0.05, 0.1) is 0 Å². The first-order chi connectivity index (χ1) is 16.6. The van der Waals surface area contributed by atoms with Gasteiger partial charge < -0.3 is 0 Å². The maximum absolute atomic E-state index is 7.41. The summed E-state index contributed by atoms with van der Waals surface area (Å²) in [5, 5.41) is 3.41. The van der Waals surface area contributed by atoms with Gasteiger partial charge >= 0.3 is 216 Å². The van der Waals surface area contributed by atoms with Gasteiger partial charge in [-0.25, -0.2) is 0 Å². The van der Waals surface area contributed by atoms with Crippen molar-refractivity contribution in [2.24, 2.45) is 4.99 Å². The van der Waals surface area contributed by atoms with Crippen LogP contribution in [-0.2, 0) is 4.52 Å². The Morgan fingerprint density at radius 1 is 0.735 bits per heavy atom. The van der Waals surface area contributed by atoms with Gasteiger partial charge in [0.1, 0.15) is 0 Å². The van der Waals surface area contributed by atoms with Crippen molar-refractivity contribution in [3.63, 3.8) is 0 Å². The Bertz CT molecular complexity index is 1120. The minimum absolute atomic E-state index is 0.107. The minimum atomic E-state index is -3.59. The van der Waals surface area contributed by atoms with Crippen LogP contribution in [0, 0.1) is 0 Å². The van der Waals surface area contributed by atoms with Gasteiger partial charge in [-0.3, -0.25) is 0 Å². The molecule has 5 heteroatoms. The SMILES string of the molecule is CCC(SC)C(=Nc1ccccc1)OP(Br)(c1ccccc1)(c1ccccc1)c1ccccc1. The fourth-order valence-corrected chi connectivity index (χ4v) is 11.2. The van der Waals surface area contributed by atoms with Crippen LogP contribution in [0.5, 0.6) is 0 Å². The van der Waals surface area contributed by atoms with Crippen molar-refractivity contribution < 1.29 is 4.52 Å². The average Bonchev–Trinajstić information content (AvgIpc) is 2.91. The standard InChI is InChI=1S/C29H29BrNOPS/c1-3-28(34-2)29(31-24-16-8-4-9-17-24)32-33(30,25-18-10-5-11-19-25,26-20-12-6-13-21-26)27-22-14-7-15-23-27/h4-23,28H,3H2,1-2H3. The molecule has 4 aromatic rings. The molecule has 2 nitrogen and oxygen atoms in total. The molecule has 1 atom stereocenters.